The summed E-state index contributed by atoms with van der Waals surface area (Å²) in [5.74, 6) is -2.08. The number of carboxylic acids is 2. The van der Waals surface area contributed by atoms with Crippen molar-refractivity contribution in [3.05, 3.63) is 59.2 Å². The summed E-state index contributed by atoms with van der Waals surface area (Å²) in [4.78, 5) is 25.4. The van der Waals surface area contributed by atoms with Gasteiger partial charge < -0.3 is 20.2 Å². The van der Waals surface area contributed by atoms with Gasteiger partial charge in [-0.25, -0.2) is 4.79 Å². The number of rotatable bonds is 6. The molecule has 142 valence electrons. The number of carbonyl (C=O) groups is 2. The number of aromatic carboxylic acids is 1. The lowest BCUT2D eigenvalue weighted by atomic mass is 9.83. The fourth-order valence-electron chi connectivity index (χ4n) is 4.15. The van der Waals surface area contributed by atoms with Crippen LogP contribution in [0, 0.1) is 5.92 Å². The summed E-state index contributed by atoms with van der Waals surface area (Å²) in [6.07, 6.45) is -0.119. The number of phenols is 1. The molecule has 0 spiro atoms. The maximum atomic E-state index is 11.8. The molecule has 1 aliphatic rings. The van der Waals surface area contributed by atoms with Crippen LogP contribution in [0.5, 0.6) is 5.75 Å². The zero-order chi connectivity index (χ0) is 19.7. The van der Waals surface area contributed by atoms with E-state index in [0.717, 1.165) is 11.3 Å². The van der Waals surface area contributed by atoms with Crippen LogP contribution >= 0.6 is 0 Å². The van der Waals surface area contributed by atoms with Crippen molar-refractivity contribution in [1.82, 2.24) is 0 Å². The summed E-state index contributed by atoms with van der Waals surface area (Å²) in [6.45, 7) is 4.56. The second kappa shape index (κ2) is 7.31. The van der Waals surface area contributed by atoms with Crippen LogP contribution in [0.1, 0.15) is 47.7 Å². The van der Waals surface area contributed by atoms with Crippen LogP contribution in [-0.2, 0) is 11.3 Å². The summed E-state index contributed by atoms with van der Waals surface area (Å²) in [5, 5.41) is 28.6. The lowest BCUT2D eigenvalue weighted by Gasteiger charge is -2.33. The first kappa shape index (κ1) is 18.8. The van der Waals surface area contributed by atoms with E-state index in [9.17, 15) is 24.9 Å². The molecule has 0 aromatic heterocycles. The molecule has 0 fully saturated rings. The molecule has 2 atom stereocenters. The average Bonchev–Trinajstić information content (AvgIpc) is 2.90. The maximum absolute atomic E-state index is 11.8. The summed E-state index contributed by atoms with van der Waals surface area (Å²) in [6, 6.07) is 11.8. The highest BCUT2D eigenvalue weighted by Crippen LogP contribution is 2.47. The molecule has 3 N–H and O–H groups in total. The van der Waals surface area contributed by atoms with Crippen molar-refractivity contribution in [3.63, 3.8) is 0 Å². The summed E-state index contributed by atoms with van der Waals surface area (Å²) < 4.78 is 0. The quantitative estimate of drug-likeness (QED) is 0.718. The summed E-state index contributed by atoms with van der Waals surface area (Å²) in [5.41, 5.74) is 2.50. The molecule has 3 rings (SSSR count). The molecule has 0 bridgehead atoms. The van der Waals surface area contributed by atoms with E-state index in [0.29, 0.717) is 12.1 Å². The third-order valence-corrected chi connectivity index (χ3v) is 5.13. The van der Waals surface area contributed by atoms with E-state index in [1.165, 1.54) is 6.07 Å². The number of hydrogen-bond donors (Lipinski definition) is 3. The molecule has 0 amide bonds. The van der Waals surface area contributed by atoms with Crippen LogP contribution in [0.4, 0.5) is 5.69 Å². The van der Waals surface area contributed by atoms with Crippen LogP contribution in [-0.4, -0.2) is 33.3 Å². The van der Waals surface area contributed by atoms with E-state index >= 15 is 0 Å². The molecular weight excluding hydrogens is 346 g/mol. The third kappa shape index (κ3) is 3.60. The highest BCUT2D eigenvalue weighted by molar-refractivity contribution is 5.93. The highest BCUT2D eigenvalue weighted by Gasteiger charge is 2.43. The molecule has 1 heterocycles. The van der Waals surface area contributed by atoms with Crippen LogP contribution in [0.3, 0.4) is 0 Å². The second-order valence-corrected chi connectivity index (χ2v) is 7.28. The van der Waals surface area contributed by atoms with Crippen molar-refractivity contribution in [2.75, 3.05) is 4.90 Å². The van der Waals surface area contributed by atoms with Gasteiger partial charge in [0.15, 0.2) is 0 Å². The molecule has 1 aliphatic heterocycles. The van der Waals surface area contributed by atoms with Crippen molar-refractivity contribution in [1.29, 1.82) is 0 Å². The molecule has 6 nitrogen and oxygen atoms in total. The minimum absolute atomic E-state index is 0.119. The molecule has 2 aromatic carbocycles. The van der Waals surface area contributed by atoms with Gasteiger partial charge in [-0.15, -0.1) is 0 Å². The number of anilines is 1. The van der Waals surface area contributed by atoms with Crippen molar-refractivity contribution in [2.24, 2.45) is 5.92 Å². The molecule has 6 heteroatoms. The Labute approximate surface area is 157 Å². The number of phenolic OH excluding ortho intramolecular Hbond substituents is 1. The van der Waals surface area contributed by atoms with Gasteiger partial charge in [-0.2, -0.15) is 0 Å². The predicted octanol–water partition coefficient (Wildman–Crippen LogP) is 3.69. The first-order chi connectivity index (χ1) is 12.8. The number of benzene rings is 2. The monoisotopic (exact) mass is 369 g/mol. The van der Waals surface area contributed by atoms with E-state index in [-0.39, 0.29) is 29.7 Å². The molecule has 0 radical (unpaired) electrons. The van der Waals surface area contributed by atoms with Crippen LogP contribution in [0.25, 0.3) is 0 Å². The van der Waals surface area contributed by atoms with Crippen molar-refractivity contribution >= 4 is 17.6 Å². The Hall–Kier alpha value is -3.02. The van der Waals surface area contributed by atoms with E-state index in [1.807, 2.05) is 32.0 Å². The Bertz CT molecular complexity index is 859. The lowest BCUT2D eigenvalue weighted by molar-refractivity contribution is -0.137. The molecular formula is C21H23NO5. The Morgan fingerprint density at radius 3 is 2.30 bits per heavy atom. The normalized spacial score (nSPS) is 18.6. The number of fused-ring (bicyclic) bond motifs is 1. The minimum atomic E-state index is -1.05. The summed E-state index contributed by atoms with van der Waals surface area (Å²) in [7, 11) is 0. The van der Waals surface area contributed by atoms with Gasteiger partial charge >= 0.3 is 11.9 Å². The van der Waals surface area contributed by atoms with E-state index in [1.54, 1.807) is 18.2 Å². The predicted molar refractivity (Wildman–Crippen MR) is 101 cm³/mol. The highest BCUT2D eigenvalue weighted by atomic mass is 16.4. The maximum Gasteiger partial charge on any atom is 0.336 e. The lowest BCUT2D eigenvalue weighted by Crippen LogP contribution is -2.38. The largest absolute Gasteiger partial charge is 0.508 e. The van der Waals surface area contributed by atoms with Crippen LogP contribution < -0.4 is 4.90 Å². The first-order valence-corrected chi connectivity index (χ1v) is 8.92. The number of hydrogen-bond acceptors (Lipinski definition) is 4. The van der Waals surface area contributed by atoms with Gasteiger partial charge in [0, 0.05) is 24.2 Å². The van der Waals surface area contributed by atoms with Gasteiger partial charge in [-0.1, -0.05) is 32.0 Å². The third-order valence-electron chi connectivity index (χ3n) is 5.13. The van der Waals surface area contributed by atoms with Gasteiger partial charge in [0.2, 0.25) is 0 Å². The van der Waals surface area contributed by atoms with Crippen LogP contribution in [0.15, 0.2) is 42.5 Å². The average molecular weight is 369 g/mol. The number of nitrogens with zero attached hydrogens (tertiary/aromatic N) is 1. The fraction of sp³-hybridized carbons (Fsp3) is 0.333. The minimum Gasteiger partial charge on any atom is -0.508 e. The van der Waals surface area contributed by atoms with E-state index < -0.39 is 17.9 Å². The van der Waals surface area contributed by atoms with E-state index in [2.05, 4.69) is 4.90 Å². The Morgan fingerprint density at radius 1 is 1.07 bits per heavy atom. The van der Waals surface area contributed by atoms with Gasteiger partial charge in [0.25, 0.3) is 0 Å². The Kier molecular flexibility index (Phi) is 5.08. The Balaban J connectivity index is 2.11. The van der Waals surface area contributed by atoms with Gasteiger partial charge in [0.1, 0.15) is 5.75 Å². The summed E-state index contributed by atoms with van der Waals surface area (Å²) >= 11 is 0. The molecule has 2 unspecified atom stereocenters. The molecule has 2 aromatic rings. The molecule has 0 saturated carbocycles. The molecule has 27 heavy (non-hydrogen) atoms. The van der Waals surface area contributed by atoms with Crippen LogP contribution in [0.2, 0.25) is 0 Å². The standard InChI is InChI=1S/C21H23NO5/c1-12(2)20-16(10-18(24)25)19-15(21(26)27)4-3-5-17(19)22(20)11-13-6-8-14(23)9-7-13/h3-9,12,16,20,23H,10-11H2,1-2H3,(H,24,25)(H,26,27). The topological polar surface area (TPSA) is 98.1 Å². The second-order valence-electron chi connectivity index (χ2n) is 7.28. The van der Waals surface area contributed by atoms with Crippen molar-refractivity contribution in [2.45, 2.75) is 38.8 Å². The van der Waals surface area contributed by atoms with Gasteiger partial charge in [-0.3, -0.25) is 4.79 Å². The van der Waals surface area contributed by atoms with Crippen molar-refractivity contribution < 1.29 is 24.9 Å². The zero-order valence-corrected chi connectivity index (χ0v) is 15.3. The van der Waals surface area contributed by atoms with Gasteiger partial charge in [-0.05, 0) is 41.3 Å². The van der Waals surface area contributed by atoms with Gasteiger partial charge in [0.05, 0.1) is 12.0 Å². The Morgan fingerprint density at radius 2 is 1.74 bits per heavy atom. The number of carboxylic acid groups (broad SMARTS) is 2. The SMILES string of the molecule is CC(C)C1C(CC(=O)O)c2c(C(=O)O)cccc2N1Cc1ccc(O)cc1. The molecule has 0 aliphatic carbocycles. The first-order valence-electron chi connectivity index (χ1n) is 8.92. The number of aliphatic carboxylic acids is 1. The van der Waals surface area contributed by atoms with E-state index in [4.69, 9.17) is 0 Å². The molecule has 0 saturated heterocycles. The smallest absolute Gasteiger partial charge is 0.336 e. The number of aromatic hydroxyl groups is 1. The van der Waals surface area contributed by atoms with Crippen molar-refractivity contribution in [3.8, 4) is 5.75 Å². The fourth-order valence-corrected chi connectivity index (χ4v) is 4.15. The zero-order valence-electron chi connectivity index (χ0n) is 15.3.